The number of benzene rings is 1. The average Bonchev–Trinajstić information content (AvgIpc) is 2.70. The summed E-state index contributed by atoms with van der Waals surface area (Å²) in [6.07, 6.45) is 0.928. The highest BCUT2D eigenvalue weighted by atomic mass is 16.1. The smallest absolute Gasteiger partial charge is 0.229 e. The molecule has 1 fully saturated rings. The summed E-state index contributed by atoms with van der Waals surface area (Å²) >= 11 is 0. The summed E-state index contributed by atoms with van der Waals surface area (Å²) in [5, 5.41) is 6.30. The first-order valence-corrected chi connectivity index (χ1v) is 6.19. The zero-order chi connectivity index (χ0) is 12.4. The van der Waals surface area contributed by atoms with Gasteiger partial charge in [0.1, 0.15) is 0 Å². The van der Waals surface area contributed by atoms with Crippen molar-refractivity contribution in [1.29, 1.82) is 0 Å². The minimum atomic E-state index is 0.0941. The van der Waals surface area contributed by atoms with Gasteiger partial charge in [-0.1, -0.05) is 6.07 Å². The number of carbonyl (C=O) groups excluding carboxylic acids is 1. The highest BCUT2D eigenvalue weighted by molar-refractivity contribution is 5.93. The first-order chi connectivity index (χ1) is 8.08. The summed E-state index contributed by atoms with van der Waals surface area (Å²) < 4.78 is 0. The van der Waals surface area contributed by atoms with E-state index in [0.29, 0.717) is 0 Å². The highest BCUT2D eigenvalue weighted by Gasteiger charge is 2.29. The number of anilines is 1. The lowest BCUT2D eigenvalue weighted by Gasteiger charge is -2.15. The third kappa shape index (κ3) is 2.67. The summed E-state index contributed by atoms with van der Waals surface area (Å²) in [5.41, 5.74) is 3.36. The van der Waals surface area contributed by atoms with Gasteiger partial charge >= 0.3 is 0 Å². The van der Waals surface area contributed by atoms with Gasteiger partial charge in [-0.15, -0.1) is 0 Å². The molecule has 1 aromatic carbocycles. The zero-order valence-corrected chi connectivity index (χ0v) is 10.7. The van der Waals surface area contributed by atoms with Gasteiger partial charge in [0.05, 0.1) is 5.92 Å². The minimum absolute atomic E-state index is 0.0941. The van der Waals surface area contributed by atoms with Crippen LogP contribution in [-0.2, 0) is 4.79 Å². The molecule has 0 aliphatic carbocycles. The molecule has 0 bridgehead atoms. The van der Waals surface area contributed by atoms with Crippen molar-refractivity contribution in [2.75, 3.05) is 11.9 Å². The molecule has 1 amide bonds. The lowest BCUT2D eigenvalue weighted by Crippen LogP contribution is -2.32. The summed E-state index contributed by atoms with van der Waals surface area (Å²) in [6.45, 7) is 7.14. The minimum Gasteiger partial charge on any atom is -0.326 e. The maximum Gasteiger partial charge on any atom is 0.229 e. The summed E-state index contributed by atoms with van der Waals surface area (Å²) in [4.78, 5) is 12.1. The van der Waals surface area contributed by atoms with Crippen molar-refractivity contribution in [2.45, 2.75) is 33.2 Å². The van der Waals surface area contributed by atoms with Gasteiger partial charge < -0.3 is 10.6 Å². The Bertz CT molecular complexity index is 428. The molecule has 1 saturated heterocycles. The van der Waals surface area contributed by atoms with Gasteiger partial charge in [-0.05, 0) is 57.0 Å². The molecule has 0 aromatic heterocycles. The Morgan fingerprint density at radius 3 is 2.71 bits per heavy atom. The molecule has 0 saturated carbocycles. The standard InChI is InChI=1S/C14H20N2O/c1-9-4-5-12(8-10(9)2)16-14(17)13-6-7-15-11(13)3/h4-5,8,11,13,15H,6-7H2,1-3H3,(H,16,17). The molecule has 1 aliphatic rings. The molecule has 2 atom stereocenters. The van der Waals surface area contributed by atoms with Crippen LogP contribution in [0.3, 0.4) is 0 Å². The number of nitrogens with one attached hydrogen (secondary N) is 2. The number of hydrogen-bond acceptors (Lipinski definition) is 2. The van der Waals surface area contributed by atoms with Gasteiger partial charge in [0.2, 0.25) is 5.91 Å². The molecule has 2 unspecified atom stereocenters. The fourth-order valence-electron chi connectivity index (χ4n) is 2.27. The third-order valence-electron chi connectivity index (χ3n) is 3.64. The van der Waals surface area contributed by atoms with E-state index in [9.17, 15) is 4.79 Å². The normalized spacial score (nSPS) is 23.7. The number of aryl methyl sites for hydroxylation is 2. The topological polar surface area (TPSA) is 41.1 Å². The summed E-state index contributed by atoms with van der Waals surface area (Å²) in [5.74, 6) is 0.224. The Balaban J connectivity index is 2.05. The molecule has 3 nitrogen and oxygen atoms in total. The molecule has 2 rings (SSSR count). The fraction of sp³-hybridized carbons (Fsp3) is 0.500. The van der Waals surface area contributed by atoms with Crippen LogP contribution in [0.2, 0.25) is 0 Å². The maximum absolute atomic E-state index is 12.1. The Kier molecular flexibility index (Phi) is 3.48. The van der Waals surface area contributed by atoms with Crippen LogP contribution in [0.15, 0.2) is 18.2 Å². The fourth-order valence-corrected chi connectivity index (χ4v) is 2.27. The second kappa shape index (κ2) is 4.88. The molecule has 0 spiro atoms. The molecule has 1 aromatic rings. The van der Waals surface area contributed by atoms with Crippen LogP contribution >= 0.6 is 0 Å². The van der Waals surface area contributed by atoms with Crippen LogP contribution in [-0.4, -0.2) is 18.5 Å². The van der Waals surface area contributed by atoms with Gasteiger partial charge in [0.15, 0.2) is 0 Å². The number of carbonyl (C=O) groups is 1. The number of amides is 1. The third-order valence-corrected chi connectivity index (χ3v) is 3.64. The van der Waals surface area contributed by atoms with Crippen molar-refractivity contribution in [2.24, 2.45) is 5.92 Å². The molecular weight excluding hydrogens is 212 g/mol. The second-order valence-corrected chi connectivity index (χ2v) is 4.93. The summed E-state index contributed by atoms with van der Waals surface area (Å²) in [6, 6.07) is 6.32. The number of rotatable bonds is 2. The largest absolute Gasteiger partial charge is 0.326 e. The molecular formula is C14H20N2O. The van der Waals surface area contributed by atoms with Gasteiger partial charge in [0.25, 0.3) is 0 Å². The Morgan fingerprint density at radius 2 is 2.12 bits per heavy atom. The molecule has 2 N–H and O–H groups in total. The van der Waals surface area contributed by atoms with Crippen molar-refractivity contribution in [1.82, 2.24) is 5.32 Å². The summed E-state index contributed by atoms with van der Waals surface area (Å²) in [7, 11) is 0. The van der Waals surface area contributed by atoms with Crippen molar-refractivity contribution in [3.8, 4) is 0 Å². The van der Waals surface area contributed by atoms with Crippen LogP contribution in [0, 0.1) is 19.8 Å². The van der Waals surface area contributed by atoms with Gasteiger partial charge in [0, 0.05) is 11.7 Å². The maximum atomic E-state index is 12.1. The van der Waals surface area contributed by atoms with E-state index in [1.165, 1.54) is 11.1 Å². The lowest BCUT2D eigenvalue weighted by atomic mass is 10.0. The van der Waals surface area contributed by atoms with Gasteiger partial charge in [-0.3, -0.25) is 4.79 Å². The van der Waals surface area contributed by atoms with E-state index in [1.807, 2.05) is 18.2 Å². The van der Waals surface area contributed by atoms with Crippen LogP contribution < -0.4 is 10.6 Å². The van der Waals surface area contributed by atoms with Crippen LogP contribution in [0.25, 0.3) is 0 Å². The number of hydrogen-bond donors (Lipinski definition) is 2. The monoisotopic (exact) mass is 232 g/mol. The predicted octanol–water partition coefficient (Wildman–Crippen LogP) is 2.24. The second-order valence-electron chi connectivity index (χ2n) is 4.93. The predicted molar refractivity (Wildman–Crippen MR) is 70.1 cm³/mol. The SMILES string of the molecule is Cc1ccc(NC(=O)C2CCNC2C)cc1C. The van der Waals surface area contributed by atoms with E-state index in [-0.39, 0.29) is 17.9 Å². The van der Waals surface area contributed by atoms with Crippen molar-refractivity contribution < 1.29 is 4.79 Å². The Labute approximate surface area is 103 Å². The van der Waals surface area contributed by atoms with E-state index in [1.54, 1.807) is 0 Å². The van der Waals surface area contributed by atoms with Crippen LogP contribution in [0.1, 0.15) is 24.5 Å². The molecule has 1 aliphatic heterocycles. The highest BCUT2D eigenvalue weighted by Crippen LogP contribution is 2.19. The quantitative estimate of drug-likeness (QED) is 0.821. The van der Waals surface area contributed by atoms with E-state index in [4.69, 9.17) is 0 Å². The molecule has 0 radical (unpaired) electrons. The van der Waals surface area contributed by atoms with Crippen LogP contribution in [0.5, 0.6) is 0 Å². The van der Waals surface area contributed by atoms with Gasteiger partial charge in [-0.25, -0.2) is 0 Å². The first-order valence-electron chi connectivity index (χ1n) is 6.19. The van der Waals surface area contributed by atoms with Gasteiger partial charge in [-0.2, -0.15) is 0 Å². The Hall–Kier alpha value is -1.35. The van der Waals surface area contributed by atoms with E-state index >= 15 is 0 Å². The molecule has 1 heterocycles. The van der Waals surface area contributed by atoms with Crippen LogP contribution in [0.4, 0.5) is 5.69 Å². The van der Waals surface area contributed by atoms with E-state index in [0.717, 1.165) is 18.7 Å². The van der Waals surface area contributed by atoms with Crippen molar-refractivity contribution >= 4 is 11.6 Å². The zero-order valence-electron chi connectivity index (χ0n) is 10.7. The lowest BCUT2D eigenvalue weighted by molar-refractivity contribution is -0.119. The molecule has 17 heavy (non-hydrogen) atoms. The van der Waals surface area contributed by atoms with E-state index in [2.05, 4.69) is 31.4 Å². The Morgan fingerprint density at radius 1 is 1.35 bits per heavy atom. The molecule has 92 valence electrons. The average molecular weight is 232 g/mol. The molecule has 3 heteroatoms. The van der Waals surface area contributed by atoms with Crippen molar-refractivity contribution in [3.05, 3.63) is 29.3 Å². The first kappa shape index (κ1) is 12.1. The van der Waals surface area contributed by atoms with E-state index < -0.39 is 0 Å². The van der Waals surface area contributed by atoms with Crippen molar-refractivity contribution in [3.63, 3.8) is 0 Å².